The Morgan fingerprint density at radius 3 is 2.34 bits per heavy atom. The third-order valence-electron chi connectivity index (χ3n) is 5.62. The van der Waals surface area contributed by atoms with E-state index in [0.29, 0.717) is 44.8 Å². The van der Waals surface area contributed by atoms with Crippen molar-refractivity contribution in [1.29, 1.82) is 0 Å². The van der Waals surface area contributed by atoms with Gasteiger partial charge in [0.25, 0.3) is 5.91 Å². The van der Waals surface area contributed by atoms with Crippen LogP contribution in [0.2, 0.25) is 0 Å². The van der Waals surface area contributed by atoms with Crippen LogP contribution >= 0.6 is 27.3 Å². The molecule has 2 aromatic carbocycles. The van der Waals surface area contributed by atoms with Gasteiger partial charge >= 0.3 is 0 Å². The molecule has 1 aliphatic rings. The van der Waals surface area contributed by atoms with Crippen molar-refractivity contribution in [2.24, 2.45) is 0 Å². The molecule has 1 aromatic heterocycles. The lowest BCUT2D eigenvalue weighted by Crippen LogP contribution is -2.48. The molecule has 2 heterocycles. The topological polar surface area (TPSA) is 73.8 Å². The van der Waals surface area contributed by atoms with Crippen molar-refractivity contribution >= 4 is 58.5 Å². The van der Waals surface area contributed by atoms with Crippen molar-refractivity contribution in [2.45, 2.75) is 18.7 Å². The highest BCUT2D eigenvalue weighted by Gasteiger charge is 2.25. The van der Waals surface area contributed by atoms with Crippen LogP contribution < -0.4 is 4.90 Å². The number of carbonyl (C=O) groups excluding carboxylic acids is 1. The fourth-order valence-corrected chi connectivity index (χ4v) is 6.81. The number of carbonyl (C=O) groups is 1. The van der Waals surface area contributed by atoms with Crippen LogP contribution in [0.25, 0.3) is 10.2 Å². The predicted octanol–water partition coefficient (Wildman–Crippen LogP) is 4.05. The Bertz CT molecular complexity index is 1220. The molecule has 32 heavy (non-hydrogen) atoms. The number of anilines is 1. The Labute approximate surface area is 200 Å². The molecular weight excluding hydrogens is 512 g/mol. The zero-order valence-corrected chi connectivity index (χ0v) is 21.2. The molecule has 0 bridgehead atoms. The summed E-state index contributed by atoms with van der Waals surface area (Å²) in [5, 5.41) is 0.969. The Morgan fingerprint density at radius 2 is 1.72 bits per heavy atom. The Hall–Kier alpha value is -2.01. The first kappa shape index (κ1) is 23.2. The highest BCUT2D eigenvalue weighted by Crippen LogP contribution is 2.31. The molecule has 0 unspecified atom stereocenters. The lowest BCUT2D eigenvalue weighted by atomic mass is 10.2. The van der Waals surface area contributed by atoms with Crippen molar-refractivity contribution in [3.63, 3.8) is 0 Å². The maximum absolute atomic E-state index is 13.0. The number of benzene rings is 2. The number of rotatable bonds is 6. The quantitative estimate of drug-likeness (QED) is 0.475. The monoisotopic (exact) mass is 536 g/mol. The predicted molar refractivity (Wildman–Crippen MR) is 132 cm³/mol. The summed E-state index contributed by atoms with van der Waals surface area (Å²) in [4.78, 5) is 21.9. The van der Waals surface area contributed by atoms with Crippen LogP contribution in [0.1, 0.15) is 24.2 Å². The second kappa shape index (κ2) is 9.46. The first-order chi connectivity index (χ1) is 15.3. The van der Waals surface area contributed by atoms with E-state index in [1.54, 1.807) is 23.5 Å². The van der Waals surface area contributed by atoms with Crippen molar-refractivity contribution in [3.05, 3.63) is 52.5 Å². The van der Waals surface area contributed by atoms with E-state index in [2.05, 4.69) is 26.9 Å². The van der Waals surface area contributed by atoms with E-state index in [1.165, 1.54) is 16.4 Å². The maximum Gasteiger partial charge on any atom is 0.253 e. The van der Waals surface area contributed by atoms with Gasteiger partial charge in [-0.2, -0.15) is 4.31 Å². The van der Waals surface area contributed by atoms with Crippen LogP contribution in [-0.4, -0.2) is 67.8 Å². The lowest BCUT2D eigenvalue weighted by molar-refractivity contribution is 0.0746. The molecule has 10 heteroatoms. The molecule has 3 aromatic rings. The molecule has 0 aliphatic carbocycles. The molecule has 0 atom stereocenters. The number of piperazine rings is 1. The molecule has 0 N–H and O–H groups in total. The zero-order chi connectivity index (χ0) is 22.9. The fourth-order valence-electron chi connectivity index (χ4n) is 3.79. The molecule has 1 saturated heterocycles. The van der Waals surface area contributed by atoms with Crippen molar-refractivity contribution in [2.75, 3.05) is 44.2 Å². The summed E-state index contributed by atoms with van der Waals surface area (Å²) in [6.45, 7) is 7.06. The minimum Gasteiger partial charge on any atom is -0.345 e. The van der Waals surface area contributed by atoms with Gasteiger partial charge in [0.05, 0.1) is 15.1 Å². The average molecular weight is 538 g/mol. The second-order valence-corrected chi connectivity index (χ2v) is 11.4. The zero-order valence-electron chi connectivity index (χ0n) is 18.0. The highest BCUT2D eigenvalue weighted by molar-refractivity contribution is 9.10. The van der Waals surface area contributed by atoms with Gasteiger partial charge in [-0.3, -0.25) is 4.79 Å². The van der Waals surface area contributed by atoms with E-state index in [4.69, 9.17) is 4.98 Å². The number of amides is 1. The first-order valence-electron chi connectivity index (χ1n) is 10.5. The van der Waals surface area contributed by atoms with Gasteiger partial charge in [-0.15, -0.1) is 0 Å². The number of thiazole rings is 1. The summed E-state index contributed by atoms with van der Waals surface area (Å²) >= 11 is 5.15. The van der Waals surface area contributed by atoms with Crippen molar-refractivity contribution < 1.29 is 13.2 Å². The fraction of sp³-hybridized carbons (Fsp3) is 0.364. The minimum atomic E-state index is -3.53. The van der Waals surface area contributed by atoms with E-state index in [1.807, 2.05) is 30.9 Å². The standard InChI is InChI=1S/C22H25BrN4O3S2/c1-3-27(4-2)32(29,30)18-8-5-16(6-9-18)21(28)25-11-13-26(14-12-25)22-24-19-10-7-17(23)15-20(19)31-22/h5-10,15H,3-4,11-14H2,1-2H3. The van der Waals surface area contributed by atoms with E-state index in [0.717, 1.165) is 19.8 Å². The van der Waals surface area contributed by atoms with Crippen LogP contribution in [0, 0.1) is 0 Å². The lowest BCUT2D eigenvalue weighted by Gasteiger charge is -2.34. The molecule has 0 spiro atoms. The molecule has 170 valence electrons. The SMILES string of the molecule is CCN(CC)S(=O)(=O)c1ccc(C(=O)N2CCN(c3nc4ccc(Br)cc4s3)CC2)cc1. The molecular formula is C22H25BrN4O3S2. The molecule has 0 saturated carbocycles. The van der Waals surface area contributed by atoms with E-state index in [-0.39, 0.29) is 10.8 Å². The van der Waals surface area contributed by atoms with Gasteiger partial charge < -0.3 is 9.80 Å². The van der Waals surface area contributed by atoms with Gasteiger partial charge in [0, 0.05) is 49.3 Å². The molecule has 1 amide bonds. The van der Waals surface area contributed by atoms with Gasteiger partial charge in [0.15, 0.2) is 5.13 Å². The Kier molecular flexibility index (Phi) is 6.85. The number of fused-ring (bicyclic) bond motifs is 1. The third-order valence-corrected chi connectivity index (χ3v) is 9.26. The summed E-state index contributed by atoms with van der Waals surface area (Å²) in [6.07, 6.45) is 0. The number of halogens is 1. The Morgan fingerprint density at radius 1 is 1.06 bits per heavy atom. The van der Waals surface area contributed by atoms with Gasteiger partial charge in [0.2, 0.25) is 10.0 Å². The largest absolute Gasteiger partial charge is 0.345 e. The number of aromatic nitrogens is 1. The average Bonchev–Trinajstić information content (AvgIpc) is 3.22. The van der Waals surface area contributed by atoms with E-state index < -0.39 is 10.0 Å². The molecule has 1 fully saturated rings. The number of hydrogen-bond acceptors (Lipinski definition) is 6. The number of nitrogens with zero attached hydrogens (tertiary/aromatic N) is 4. The summed E-state index contributed by atoms with van der Waals surface area (Å²) in [5.41, 5.74) is 1.48. The van der Waals surface area contributed by atoms with E-state index in [9.17, 15) is 13.2 Å². The van der Waals surface area contributed by atoms with Crippen LogP contribution in [0.15, 0.2) is 51.8 Å². The minimum absolute atomic E-state index is 0.0790. The highest BCUT2D eigenvalue weighted by atomic mass is 79.9. The normalized spacial score (nSPS) is 15.0. The number of hydrogen-bond donors (Lipinski definition) is 0. The smallest absolute Gasteiger partial charge is 0.253 e. The van der Waals surface area contributed by atoms with E-state index >= 15 is 0 Å². The number of sulfonamides is 1. The van der Waals surface area contributed by atoms with Crippen LogP contribution in [0.3, 0.4) is 0 Å². The summed E-state index contributed by atoms with van der Waals surface area (Å²) in [6, 6.07) is 12.3. The summed E-state index contributed by atoms with van der Waals surface area (Å²) < 4.78 is 28.9. The molecule has 1 aliphatic heterocycles. The van der Waals surface area contributed by atoms with Crippen molar-refractivity contribution in [3.8, 4) is 0 Å². The Balaban J connectivity index is 1.41. The summed E-state index contributed by atoms with van der Waals surface area (Å²) in [7, 11) is -3.53. The first-order valence-corrected chi connectivity index (χ1v) is 13.6. The van der Waals surface area contributed by atoms with Gasteiger partial charge in [-0.1, -0.05) is 41.1 Å². The van der Waals surface area contributed by atoms with Crippen LogP contribution in [-0.2, 0) is 10.0 Å². The van der Waals surface area contributed by atoms with Gasteiger partial charge in [-0.05, 0) is 42.5 Å². The second-order valence-electron chi connectivity index (χ2n) is 7.50. The maximum atomic E-state index is 13.0. The van der Waals surface area contributed by atoms with Gasteiger partial charge in [0.1, 0.15) is 0 Å². The van der Waals surface area contributed by atoms with Crippen LogP contribution in [0.4, 0.5) is 5.13 Å². The molecule has 4 rings (SSSR count). The summed E-state index contributed by atoms with van der Waals surface area (Å²) in [5.74, 6) is -0.0790. The van der Waals surface area contributed by atoms with Crippen molar-refractivity contribution in [1.82, 2.24) is 14.2 Å². The molecule has 0 radical (unpaired) electrons. The van der Waals surface area contributed by atoms with Gasteiger partial charge in [-0.25, -0.2) is 13.4 Å². The van der Waals surface area contributed by atoms with Crippen LogP contribution in [0.5, 0.6) is 0 Å². The molecule has 7 nitrogen and oxygen atoms in total. The third kappa shape index (κ3) is 4.54.